The van der Waals surface area contributed by atoms with Gasteiger partial charge < -0.3 is 5.32 Å². The smallest absolute Gasteiger partial charge is 0.320 e. The monoisotopic (exact) mass is 245 g/mol. The molecule has 0 aromatic heterocycles. The molecule has 0 aliphatic rings. The summed E-state index contributed by atoms with van der Waals surface area (Å²) in [7, 11) is 1.86. The SMILES string of the molecule is CNCCC(C)(C)c1ccc(C(F)(F)F)cc1. The van der Waals surface area contributed by atoms with E-state index < -0.39 is 11.7 Å². The highest BCUT2D eigenvalue weighted by molar-refractivity contribution is 5.29. The molecule has 0 saturated heterocycles. The minimum absolute atomic E-state index is 0.118. The fourth-order valence-corrected chi connectivity index (χ4v) is 1.69. The van der Waals surface area contributed by atoms with E-state index in [1.54, 1.807) is 12.1 Å². The van der Waals surface area contributed by atoms with Gasteiger partial charge in [-0.1, -0.05) is 26.0 Å². The van der Waals surface area contributed by atoms with Crippen molar-refractivity contribution in [1.82, 2.24) is 5.32 Å². The van der Waals surface area contributed by atoms with E-state index in [1.807, 2.05) is 20.9 Å². The topological polar surface area (TPSA) is 12.0 Å². The second kappa shape index (κ2) is 5.08. The zero-order valence-corrected chi connectivity index (χ0v) is 10.4. The highest BCUT2D eigenvalue weighted by atomic mass is 19.4. The Bertz CT molecular complexity index is 352. The van der Waals surface area contributed by atoms with Crippen LogP contribution in [0.5, 0.6) is 0 Å². The molecule has 1 N–H and O–H groups in total. The first-order chi connectivity index (χ1) is 7.77. The van der Waals surface area contributed by atoms with Crippen LogP contribution in [0.3, 0.4) is 0 Å². The molecular formula is C13H18F3N. The molecule has 0 fully saturated rings. The number of alkyl halides is 3. The van der Waals surface area contributed by atoms with Crippen molar-refractivity contribution < 1.29 is 13.2 Å². The van der Waals surface area contributed by atoms with Gasteiger partial charge in [-0.15, -0.1) is 0 Å². The Balaban J connectivity index is 2.87. The molecular weight excluding hydrogens is 227 g/mol. The van der Waals surface area contributed by atoms with Crippen molar-refractivity contribution in [2.45, 2.75) is 31.9 Å². The second-order valence-electron chi connectivity index (χ2n) is 4.81. The maximum absolute atomic E-state index is 12.4. The predicted molar refractivity (Wildman–Crippen MR) is 63.0 cm³/mol. The van der Waals surface area contributed by atoms with Crippen LogP contribution in [0, 0.1) is 0 Å². The van der Waals surface area contributed by atoms with E-state index in [-0.39, 0.29) is 5.41 Å². The van der Waals surface area contributed by atoms with Gasteiger partial charge in [-0.25, -0.2) is 0 Å². The zero-order valence-electron chi connectivity index (χ0n) is 10.4. The van der Waals surface area contributed by atoms with Gasteiger partial charge in [-0.05, 0) is 43.1 Å². The van der Waals surface area contributed by atoms with Crippen molar-refractivity contribution in [3.8, 4) is 0 Å². The third-order valence-corrected chi connectivity index (χ3v) is 2.99. The van der Waals surface area contributed by atoms with E-state index in [0.29, 0.717) is 0 Å². The molecule has 0 aliphatic carbocycles. The van der Waals surface area contributed by atoms with Crippen molar-refractivity contribution in [2.24, 2.45) is 0 Å². The summed E-state index contributed by atoms with van der Waals surface area (Å²) in [6, 6.07) is 5.43. The molecule has 0 spiro atoms. The first-order valence-corrected chi connectivity index (χ1v) is 5.60. The van der Waals surface area contributed by atoms with Gasteiger partial charge in [0.1, 0.15) is 0 Å². The summed E-state index contributed by atoms with van der Waals surface area (Å²) >= 11 is 0. The molecule has 4 heteroatoms. The van der Waals surface area contributed by atoms with Crippen LogP contribution in [-0.4, -0.2) is 13.6 Å². The maximum atomic E-state index is 12.4. The van der Waals surface area contributed by atoms with Crippen molar-refractivity contribution in [1.29, 1.82) is 0 Å². The molecule has 0 saturated carbocycles. The quantitative estimate of drug-likeness (QED) is 0.854. The molecule has 0 heterocycles. The highest BCUT2D eigenvalue weighted by Gasteiger charge is 2.30. The molecule has 0 radical (unpaired) electrons. The molecule has 0 amide bonds. The van der Waals surface area contributed by atoms with E-state index in [9.17, 15) is 13.2 Å². The van der Waals surface area contributed by atoms with E-state index in [0.717, 1.165) is 30.7 Å². The van der Waals surface area contributed by atoms with Gasteiger partial charge >= 0.3 is 6.18 Å². The number of halogens is 3. The lowest BCUT2D eigenvalue weighted by atomic mass is 9.81. The van der Waals surface area contributed by atoms with Crippen molar-refractivity contribution in [3.63, 3.8) is 0 Å². The Kier molecular flexibility index (Phi) is 4.20. The van der Waals surface area contributed by atoms with Crippen LogP contribution in [0.4, 0.5) is 13.2 Å². The number of hydrogen-bond donors (Lipinski definition) is 1. The van der Waals surface area contributed by atoms with Gasteiger partial charge in [-0.2, -0.15) is 13.2 Å². The Labute approximate surface area is 100 Å². The lowest BCUT2D eigenvalue weighted by Crippen LogP contribution is -2.23. The van der Waals surface area contributed by atoms with Crippen LogP contribution in [0.1, 0.15) is 31.4 Å². The Morgan fingerprint density at radius 3 is 1.88 bits per heavy atom. The summed E-state index contributed by atoms with van der Waals surface area (Å²) < 4.78 is 37.2. The van der Waals surface area contributed by atoms with Gasteiger partial charge in [0.15, 0.2) is 0 Å². The number of benzene rings is 1. The summed E-state index contributed by atoms with van der Waals surface area (Å²) in [5.41, 5.74) is 0.221. The average Bonchev–Trinajstić information content (AvgIpc) is 2.25. The predicted octanol–water partition coefficient (Wildman–Crippen LogP) is 3.59. The van der Waals surface area contributed by atoms with Crippen LogP contribution in [0.15, 0.2) is 24.3 Å². The van der Waals surface area contributed by atoms with Crippen LogP contribution in [0.2, 0.25) is 0 Å². The van der Waals surface area contributed by atoms with E-state index in [2.05, 4.69) is 5.32 Å². The van der Waals surface area contributed by atoms with Gasteiger partial charge in [0.05, 0.1) is 5.56 Å². The number of rotatable bonds is 4. The summed E-state index contributed by atoms with van der Waals surface area (Å²) in [5.74, 6) is 0. The van der Waals surface area contributed by atoms with Gasteiger partial charge in [0.2, 0.25) is 0 Å². The van der Waals surface area contributed by atoms with Gasteiger partial charge in [-0.3, -0.25) is 0 Å². The normalized spacial score (nSPS) is 12.8. The number of nitrogens with one attached hydrogen (secondary N) is 1. The molecule has 0 aliphatic heterocycles. The third-order valence-electron chi connectivity index (χ3n) is 2.99. The molecule has 0 unspecified atom stereocenters. The molecule has 1 rings (SSSR count). The van der Waals surface area contributed by atoms with Crippen LogP contribution in [0.25, 0.3) is 0 Å². The van der Waals surface area contributed by atoms with Gasteiger partial charge in [0.25, 0.3) is 0 Å². The average molecular weight is 245 g/mol. The summed E-state index contributed by atoms with van der Waals surface area (Å²) in [6.07, 6.45) is -3.37. The lowest BCUT2D eigenvalue weighted by molar-refractivity contribution is -0.137. The van der Waals surface area contributed by atoms with Crippen molar-refractivity contribution in [2.75, 3.05) is 13.6 Å². The highest BCUT2D eigenvalue weighted by Crippen LogP contribution is 2.32. The summed E-state index contributed by atoms with van der Waals surface area (Å²) in [4.78, 5) is 0. The fourth-order valence-electron chi connectivity index (χ4n) is 1.69. The first kappa shape index (κ1) is 14.0. The molecule has 0 bridgehead atoms. The van der Waals surface area contributed by atoms with Crippen molar-refractivity contribution in [3.05, 3.63) is 35.4 Å². The lowest BCUT2D eigenvalue weighted by Gasteiger charge is -2.25. The maximum Gasteiger partial charge on any atom is 0.416 e. The standard InChI is InChI=1S/C13H18F3N/c1-12(2,8-9-17-3)10-4-6-11(7-5-10)13(14,15)16/h4-7,17H,8-9H2,1-3H3. The Hall–Kier alpha value is -1.03. The Morgan fingerprint density at radius 1 is 1.00 bits per heavy atom. The van der Waals surface area contributed by atoms with Gasteiger partial charge in [0, 0.05) is 0 Å². The van der Waals surface area contributed by atoms with Crippen LogP contribution < -0.4 is 5.32 Å². The van der Waals surface area contributed by atoms with E-state index in [1.165, 1.54) is 0 Å². The van der Waals surface area contributed by atoms with E-state index >= 15 is 0 Å². The second-order valence-corrected chi connectivity index (χ2v) is 4.81. The Morgan fingerprint density at radius 2 is 1.47 bits per heavy atom. The number of hydrogen-bond acceptors (Lipinski definition) is 1. The molecule has 1 aromatic carbocycles. The molecule has 1 aromatic rings. The molecule has 17 heavy (non-hydrogen) atoms. The van der Waals surface area contributed by atoms with Crippen molar-refractivity contribution >= 4 is 0 Å². The largest absolute Gasteiger partial charge is 0.416 e. The molecule has 96 valence electrons. The van der Waals surface area contributed by atoms with Crippen LogP contribution in [-0.2, 0) is 11.6 Å². The first-order valence-electron chi connectivity index (χ1n) is 5.60. The molecule has 0 atom stereocenters. The summed E-state index contributed by atoms with van der Waals surface area (Å²) in [6.45, 7) is 4.91. The minimum Gasteiger partial charge on any atom is -0.320 e. The van der Waals surface area contributed by atoms with Crippen LogP contribution >= 0.6 is 0 Å². The van der Waals surface area contributed by atoms with E-state index in [4.69, 9.17) is 0 Å². The fraction of sp³-hybridized carbons (Fsp3) is 0.538. The third kappa shape index (κ3) is 3.73. The zero-order chi connectivity index (χ0) is 13.1. The molecule has 1 nitrogen and oxygen atoms in total. The summed E-state index contributed by atoms with van der Waals surface area (Å²) in [5, 5.41) is 3.05. The minimum atomic E-state index is -4.26.